The average Bonchev–Trinajstić information content (AvgIpc) is 3.04. The predicted octanol–water partition coefficient (Wildman–Crippen LogP) is 9.14. The predicted molar refractivity (Wildman–Crippen MR) is 187 cm³/mol. The first-order chi connectivity index (χ1) is 20.9. The lowest BCUT2D eigenvalue weighted by Crippen LogP contribution is -2.13. The molecule has 0 aliphatic carbocycles. The van der Waals surface area contributed by atoms with E-state index in [-0.39, 0.29) is 11.8 Å². The van der Waals surface area contributed by atoms with Gasteiger partial charge in [-0.3, -0.25) is 9.59 Å². The molecular weight excluding hydrogens is 645 g/mol. The fraction of sp³-hybridized carbons (Fsp3) is 0.135. The largest absolute Gasteiger partial charge is 0.385 e. The normalized spacial score (nSPS) is 10.2. The van der Waals surface area contributed by atoms with Gasteiger partial charge in [0, 0.05) is 38.3 Å². The number of hydrogen-bond donors (Lipinski definition) is 3. The highest BCUT2D eigenvalue weighted by molar-refractivity contribution is 14.1. The standard InChI is InChI=1S/C23H24N2O.C14H12INO/c1-18-14-15-21(24-16-8-11-19-9-4-2-5-10-19)17-22(18)25-23(26)20-12-6-3-7-13-20;1-10-7-8-12(15)9-13(10)16-14(17)11-5-3-2-4-6-11/h2-7,9-10,12-15,17,24H,8,11,16H2,1H3,(H,25,26);2-9H,1H3,(H,16,17). The zero-order valence-electron chi connectivity index (χ0n) is 24.4. The fourth-order valence-electron chi connectivity index (χ4n) is 4.33. The Morgan fingerprint density at radius 1 is 0.605 bits per heavy atom. The Morgan fingerprint density at radius 2 is 1.09 bits per heavy atom. The Bertz CT molecular complexity index is 1620. The summed E-state index contributed by atoms with van der Waals surface area (Å²) in [7, 11) is 0. The maximum absolute atomic E-state index is 12.4. The summed E-state index contributed by atoms with van der Waals surface area (Å²) in [6.07, 6.45) is 2.11. The van der Waals surface area contributed by atoms with Crippen molar-refractivity contribution >= 4 is 51.5 Å². The van der Waals surface area contributed by atoms with Crippen molar-refractivity contribution in [3.8, 4) is 0 Å². The van der Waals surface area contributed by atoms with Crippen molar-refractivity contribution in [3.05, 3.63) is 159 Å². The monoisotopic (exact) mass is 681 g/mol. The van der Waals surface area contributed by atoms with Crippen molar-refractivity contribution in [2.75, 3.05) is 22.5 Å². The van der Waals surface area contributed by atoms with Crippen LogP contribution in [0.3, 0.4) is 0 Å². The molecular formula is C37H36IN3O2. The number of anilines is 3. The minimum Gasteiger partial charge on any atom is -0.385 e. The highest BCUT2D eigenvalue weighted by Gasteiger charge is 2.09. The second-order valence-corrected chi connectivity index (χ2v) is 11.4. The first-order valence-electron chi connectivity index (χ1n) is 14.3. The Balaban J connectivity index is 0.000000215. The molecule has 0 saturated carbocycles. The Hall–Kier alpha value is -4.43. The minimum atomic E-state index is -0.0880. The molecule has 3 N–H and O–H groups in total. The molecule has 0 bridgehead atoms. The van der Waals surface area contributed by atoms with E-state index in [0.717, 1.165) is 51.1 Å². The molecule has 6 heteroatoms. The van der Waals surface area contributed by atoms with E-state index in [9.17, 15) is 9.59 Å². The molecule has 0 aliphatic heterocycles. The van der Waals surface area contributed by atoms with Gasteiger partial charge in [0.25, 0.3) is 11.8 Å². The molecule has 0 unspecified atom stereocenters. The van der Waals surface area contributed by atoms with Crippen LogP contribution in [0.4, 0.5) is 17.1 Å². The number of aryl methyl sites for hydroxylation is 3. The van der Waals surface area contributed by atoms with E-state index in [1.807, 2.05) is 98.8 Å². The van der Waals surface area contributed by atoms with Crippen LogP contribution in [-0.4, -0.2) is 18.4 Å². The maximum atomic E-state index is 12.4. The molecule has 43 heavy (non-hydrogen) atoms. The van der Waals surface area contributed by atoms with Gasteiger partial charge in [0.1, 0.15) is 0 Å². The molecule has 5 aromatic rings. The average molecular weight is 682 g/mol. The van der Waals surface area contributed by atoms with E-state index >= 15 is 0 Å². The molecule has 5 aromatic carbocycles. The van der Waals surface area contributed by atoms with Crippen LogP contribution < -0.4 is 16.0 Å². The quantitative estimate of drug-likeness (QED) is 0.107. The number of hydrogen-bond acceptors (Lipinski definition) is 3. The molecule has 0 aromatic heterocycles. The van der Waals surface area contributed by atoms with Crippen LogP contribution in [0.25, 0.3) is 0 Å². The summed E-state index contributed by atoms with van der Waals surface area (Å²) in [5.41, 5.74) is 7.52. The molecule has 0 fully saturated rings. The van der Waals surface area contributed by atoms with Crippen LogP contribution in [0.15, 0.2) is 127 Å². The number of rotatable bonds is 9. The molecule has 0 atom stereocenters. The number of amides is 2. The van der Waals surface area contributed by atoms with E-state index in [1.54, 1.807) is 12.1 Å². The summed E-state index contributed by atoms with van der Waals surface area (Å²) >= 11 is 2.23. The van der Waals surface area contributed by atoms with Gasteiger partial charge in [0.05, 0.1) is 0 Å². The second-order valence-electron chi connectivity index (χ2n) is 10.1. The van der Waals surface area contributed by atoms with Gasteiger partial charge < -0.3 is 16.0 Å². The van der Waals surface area contributed by atoms with Crippen LogP contribution >= 0.6 is 22.6 Å². The lowest BCUT2D eigenvalue weighted by molar-refractivity contribution is 0.101. The molecule has 2 amide bonds. The van der Waals surface area contributed by atoms with Crippen molar-refractivity contribution in [2.24, 2.45) is 0 Å². The number of carbonyl (C=O) groups excluding carboxylic acids is 2. The third kappa shape index (κ3) is 10.1. The van der Waals surface area contributed by atoms with Crippen molar-refractivity contribution in [1.82, 2.24) is 0 Å². The van der Waals surface area contributed by atoms with E-state index < -0.39 is 0 Å². The topological polar surface area (TPSA) is 70.2 Å². The summed E-state index contributed by atoms with van der Waals surface area (Å²) in [4.78, 5) is 24.3. The van der Waals surface area contributed by atoms with E-state index in [0.29, 0.717) is 11.1 Å². The van der Waals surface area contributed by atoms with Crippen molar-refractivity contribution in [2.45, 2.75) is 26.7 Å². The third-order valence-corrected chi connectivity index (χ3v) is 7.49. The Morgan fingerprint density at radius 3 is 1.65 bits per heavy atom. The summed E-state index contributed by atoms with van der Waals surface area (Å²) in [6, 6.07) is 41.1. The van der Waals surface area contributed by atoms with Crippen molar-refractivity contribution in [3.63, 3.8) is 0 Å². The maximum Gasteiger partial charge on any atom is 0.255 e. The van der Waals surface area contributed by atoms with Gasteiger partial charge in [-0.2, -0.15) is 0 Å². The van der Waals surface area contributed by atoms with Crippen LogP contribution in [0.1, 0.15) is 43.8 Å². The van der Waals surface area contributed by atoms with Crippen LogP contribution in [0, 0.1) is 17.4 Å². The SMILES string of the molecule is Cc1ccc(I)cc1NC(=O)c1ccccc1.Cc1ccc(NCCCc2ccccc2)cc1NC(=O)c1ccccc1. The molecule has 218 valence electrons. The Kier molecular flexibility index (Phi) is 11.9. The van der Waals surface area contributed by atoms with Gasteiger partial charge in [-0.25, -0.2) is 0 Å². The van der Waals surface area contributed by atoms with Crippen molar-refractivity contribution in [1.29, 1.82) is 0 Å². The lowest BCUT2D eigenvalue weighted by atomic mass is 10.1. The van der Waals surface area contributed by atoms with Crippen LogP contribution in [0.2, 0.25) is 0 Å². The number of benzene rings is 5. The summed E-state index contributed by atoms with van der Waals surface area (Å²) in [5.74, 6) is -0.161. The smallest absolute Gasteiger partial charge is 0.255 e. The molecule has 0 radical (unpaired) electrons. The summed E-state index contributed by atoms with van der Waals surface area (Å²) in [5, 5.41) is 9.37. The fourth-order valence-corrected chi connectivity index (χ4v) is 4.82. The zero-order valence-corrected chi connectivity index (χ0v) is 26.6. The third-order valence-electron chi connectivity index (χ3n) is 6.82. The zero-order chi connectivity index (χ0) is 30.4. The first-order valence-corrected chi connectivity index (χ1v) is 15.3. The molecule has 0 spiro atoms. The molecule has 0 saturated heterocycles. The van der Waals surface area contributed by atoms with Gasteiger partial charge >= 0.3 is 0 Å². The lowest BCUT2D eigenvalue weighted by Gasteiger charge is -2.12. The highest BCUT2D eigenvalue weighted by atomic mass is 127. The van der Waals surface area contributed by atoms with Gasteiger partial charge in [-0.1, -0.05) is 78.9 Å². The second kappa shape index (κ2) is 16.3. The number of halogens is 1. The number of nitrogens with one attached hydrogen (secondary N) is 3. The minimum absolute atomic E-state index is 0.0734. The summed E-state index contributed by atoms with van der Waals surface area (Å²) < 4.78 is 1.11. The number of carbonyl (C=O) groups is 2. The molecule has 5 rings (SSSR count). The van der Waals surface area contributed by atoms with Gasteiger partial charge in [0.2, 0.25) is 0 Å². The van der Waals surface area contributed by atoms with E-state index in [1.165, 1.54) is 5.56 Å². The first kappa shape index (κ1) is 31.5. The Labute approximate surface area is 267 Å². The molecule has 0 aliphatic rings. The molecule has 0 heterocycles. The van der Waals surface area contributed by atoms with Crippen LogP contribution in [-0.2, 0) is 6.42 Å². The molecule has 5 nitrogen and oxygen atoms in total. The van der Waals surface area contributed by atoms with Gasteiger partial charge in [-0.05, 0) is 115 Å². The van der Waals surface area contributed by atoms with Gasteiger partial charge in [-0.15, -0.1) is 0 Å². The van der Waals surface area contributed by atoms with E-state index in [4.69, 9.17) is 0 Å². The van der Waals surface area contributed by atoms with Crippen LogP contribution in [0.5, 0.6) is 0 Å². The van der Waals surface area contributed by atoms with Gasteiger partial charge in [0.15, 0.2) is 0 Å². The van der Waals surface area contributed by atoms with E-state index in [2.05, 4.69) is 68.9 Å². The summed E-state index contributed by atoms with van der Waals surface area (Å²) in [6.45, 7) is 4.88. The highest BCUT2D eigenvalue weighted by Crippen LogP contribution is 2.22. The van der Waals surface area contributed by atoms with Crippen molar-refractivity contribution < 1.29 is 9.59 Å².